The first kappa shape index (κ1) is 12.9. The lowest BCUT2D eigenvalue weighted by Gasteiger charge is -2.33. The minimum atomic E-state index is -0.459. The Kier molecular flexibility index (Phi) is 3.97. The summed E-state index contributed by atoms with van der Waals surface area (Å²) >= 11 is 0. The number of hydrogen-bond acceptors (Lipinski definition) is 3. The zero-order chi connectivity index (χ0) is 13.0. The summed E-state index contributed by atoms with van der Waals surface area (Å²) < 4.78 is 17.5. The fourth-order valence-electron chi connectivity index (χ4n) is 2.61. The van der Waals surface area contributed by atoms with Crippen LogP contribution in [0.25, 0.3) is 0 Å². The Morgan fingerprint density at radius 2 is 2.16 bits per heavy atom. The molecule has 0 radical (unpaired) electrons. The Balaban J connectivity index is 1.47. The van der Waals surface area contributed by atoms with Gasteiger partial charge in [-0.2, -0.15) is 0 Å². The predicted octanol–water partition coefficient (Wildman–Crippen LogP) is 3.06. The molecule has 0 bridgehead atoms. The van der Waals surface area contributed by atoms with Crippen LogP contribution in [-0.2, 0) is 20.8 Å². The van der Waals surface area contributed by atoms with Gasteiger partial charge in [-0.3, -0.25) is 0 Å². The van der Waals surface area contributed by atoms with Gasteiger partial charge in [0.25, 0.3) is 0 Å². The molecule has 2 atom stereocenters. The van der Waals surface area contributed by atoms with Crippen LogP contribution in [0.3, 0.4) is 0 Å². The summed E-state index contributed by atoms with van der Waals surface area (Å²) in [5.41, 5.74) is 1.20. The van der Waals surface area contributed by atoms with Gasteiger partial charge in [-0.1, -0.05) is 36.4 Å². The highest BCUT2D eigenvalue weighted by atomic mass is 16.7. The van der Waals surface area contributed by atoms with E-state index in [1.54, 1.807) is 0 Å². The van der Waals surface area contributed by atoms with Crippen LogP contribution < -0.4 is 0 Å². The summed E-state index contributed by atoms with van der Waals surface area (Å²) in [5.74, 6) is -0.459. The van der Waals surface area contributed by atoms with Crippen LogP contribution in [0.15, 0.2) is 42.5 Å². The molecule has 0 aliphatic carbocycles. The summed E-state index contributed by atoms with van der Waals surface area (Å²) in [6.07, 6.45) is 7.26. The maximum Gasteiger partial charge on any atom is 0.188 e. The molecular weight excluding hydrogens is 240 g/mol. The lowest BCUT2D eigenvalue weighted by atomic mass is 10.1. The van der Waals surface area contributed by atoms with Crippen LogP contribution in [-0.4, -0.2) is 25.1 Å². The van der Waals surface area contributed by atoms with Crippen LogP contribution in [0.2, 0.25) is 0 Å². The number of benzene rings is 1. The molecule has 0 saturated carbocycles. The third-order valence-electron chi connectivity index (χ3n) is 3.57. The molecule has 2 aliphatic heterocycles. The smallest absolute Gasteiger partial charge is 0.188 e. The molecule has 1 fully saturated rings. The summed E-state index contributed by atoms with van der Waals surface area (Å²) in [7, 11) is 0. The molecule has 3 nitrogen and oxygen atoms in total. The second-order valence-corrected chi connectivity index (χ2v) is 5.14. The Hall–Kier alpha value is -1.16. The van der Waals surface area contributed by atoms with E-state index in [9.17, 15) is 0 Å². The van der Waals surface area contributed by atoms with Crippen molar-refractivity contribution in [1.82, 2.24) is 0 Å². The summed E-state index contributed by atoms with van der Waals surface area (Å²) in [6, 6.07) is 10.2. The summed E-state index contributed by atoms with van der Waals surface area (Å²) in [6.45, 7) is 2.05. The van der Waals surface area contributed by atoms with Crippen LogP contribution in [0.4, 0.5) is 0 Å². The molecule has 19 heavy (non-hydrogen) atoms. The van der Waals surface area contributed by atoms with E-state index in [4.69, 9.17) is 14.2 Å². The third kappa shape index (κ3) is 3.24. The Labute approximate surface area is 114 Å². The Bertz CT molecular complexity index is 421. The lowest BCUT2D eigenvalue weighted by molar-refractivity contribution is -0.218. The van der Waals surface area contributed by atoms with E-state index in [1.807, 2.05) is 18.2 Å². The van der Waals surface area contributed by atoms with Crippen molar-refractivity contribution in [3.63, 3.8) is 0 Å². The Morgan fingerprint density at radius 3 is 2.95 bits per heavy atom. The first-order chi connectivity index (χ1) is 9.36. The molecule has 2 unspecified atom stereocenters. The fraction of sp³-hybridized carbons (Fsp3) is 0.500. The van der Waals surface area contributed by atoms with Crippen molar-refractivity contribution in [3.05, 3.63) is 48.0 Å². The Morgan fingerprint density at radius 1 is 1.26 bits per heavy atom. The second-order valence-electron chi connectivity index (χ2n) is 5.14. The number of hydrogen-bond donors (Lipinski definition) is 0. The average Bonchev–Trinajstić information content (AvgIpc) is 2.88. The maximum atomic E-state index is 6.04. The van der Waals surface area contributed by atoms with Gasteiger partial charge >= 0.3 is 0 Å². The van der Waals surface area contributed by atoms with E-state index in [0.29, 0.717) is 13.2 Å². The lowest BCUT2D eigenvalue weighted by Crippen LogP contribution is -2.38. The van der Waals surface area contributed by atoms with Gasteiger partial charge in [0.1, 0.15) is 0 Å². The molecule has 3 heteroatoms. The van der Waals surface area contributed by atoms with Gasteiger partial charge in [0.05, 0.1) is 25.9 Å². The van der Waals surface area contributed by atoms with Crippen LogP contribution in [0, 0.1) is 0 Å². The van der Waals surface area contributed by atoms with E-state index in [1.165, 1.54) is 5.56 Å². The van der Waals surface area contributed by atoms with Crippen molar-refractivity contribution in [2.75, 3.05) is 13.2 Å². The monoisotopic (exact) mass is 260 g/mol. The minimum absolute atomic E-state index is 0.104. The molecule has 1 aromatic rings. The van der Waals surface area contributed by atoms with Gasteiger partial charge < -0.3 is 14.2 Å². The first-order valence-corrected chi connectivity index (χ1v) is 6.97. The summed E-state index contributed by atoms with van der Waals surface area (Å²) in [5, 5.41) is 0. The molecule has 1 saturated heterocycles. The number of ether oxygens (including phenoxy) is 3. The van der Waals surface area contributed by atoms with E-state index >= 15 is 0 Å². The minimum Gasteiger partial charge on any atom is -0.374 e. The van der Waals surface area contributed by atoms with Gasteiger partial charge in [-0.05, 0) is 24.5 Å². The highest BCUT2D eigenvalue weighted by Crippen LogP contribution is 2.33. The van der Waals surface area contributed by atoms with E-state index < -0.39 is 5.79 Å². The van der Waals surface area contributed by atoms with Crippen molar-refractivity contribution < 1.29 is 14.2 Å². The normalized spacial score (nSPS) is 30.0. The predicted molar refractivity (Wildman–Crippen MR) is 72.6 cm³/mol. The van der Waals surface area contributed by atoms with Crippen molar-refractivity contribution in [2.45, 2.75) is 37.8 Å². The van der Waals surface area contributed by atoms with Gasteiger partial charge in [-0.15, -0.1) is 0 Å². The largest absolute Gasteiger partial charge is 0.374 e. The van der Waals surface area contributed by atoms with Crippen molar-refractivity contribution in [2.24, 2.45) is 0 Å². The van der Waals surface area contributed by atoms with Crippen molar-refractivity contribution >= 4 is 0 Å². The standard InChI is InChI=1S/C16H20O3/c1-2-6-14(7-3-1)12-17-13-15-8-4-9-16(19-15)10-5-11-18-16/h1-4,6-7,9,15H,5,8,10-13H2. The molecule has 3 rings (SSSR count). The van der Waals surface area contributed by atoms with Gasteiger partial charge in [0.15, 0.2) is 5.79 Å². The quantitative estimate of drug-likeness (QED) is 0.779. The molecule has 1 aromatic carbocycles. The molecule has 2 heterocycles. The van der Waals surface area contributed by atoms with Crippen LogP contribution in [0.1, 0.15) is 24.8 Å². The van der Waals surface area contributed by atoms with Crippen LogP contribution >= 0.6 is 0 Å². The highest BCUT2D eigenvalue weighted by molar-refractivity contribution is 5.13. The zero-order valence-corrected chi connectivity index (χ0v) is 11.1. The molecule has 1 spiro atoms. The van der Waals surface area contributed by atoms with Gasteiger partial charge in [-0.25, -0.2) is 0 Å². The van der Waals surface area contributed by atoms with E-state index in [0.717, 1.165) is 25.9 Å². The molecule has 0 amide bonds. The molecular formula is C16H20O3. The van der Waals surface area contributed by atoms with Gasteiger partial charge in [0.2, 0.25) is 0 Å². The fourth-order valence-corrected chi connectivity index (χ4v) is 2.61. The topological polar surface area (TPSA) is 27.7 Å². The van der Waals surface area contributed by atoms with Crippen LogP contribution in [0.5, 0.6) is 0 Å². The third-order valence-corrected chi connectivity index (χ3v) is 3.57. The molecule has 2 aliphatic rings. The average molecular weight is 260 g/mol. The zero-order valence-electron chi connectivity index (χ0n) is 11.1. The summed E-state index contributed by atoms with van der Waals surface area (Å²) in [4.78, 5) is 0. The molecule has 0 aromatic heterocycles. The second kappa shape index (κ2) is 5.87. The van der Waals surface area contributed by atoms with Gasteiger partial charge in [0, 0.05) is 6.42 Å². The molecule has 0 N–H and O–H groups in total. The highest BCUT2D eigenvalue weighted by Gasteiger charge is 2.38. The maximum absolute atomic E-state index is 6.04. The van der Waals surface area contributed by atoms with Crippen molar-refractivity contribution in [1.29, 1.82) is 0 Å². The first-order valence-electron chi connectivity index (χ1n) is 6.97. The van der Waals surface area contributed by atoms with Crippen molar-refractivity contribution in [3.8, 4) is 0 Å². The molecule has 102 valence electrons. The van der Waals surface area contributed by atoms with E-state index in [-0.39, 0.29) is 6.10 Å². The van der Waals surface area contributed by atoms with E-state index in [2.05, 4.69) is 24.3 Å². The number of rotatable bonds is 4. The SMILES string of the molecule is C1=CC2(CCCO2)OC(COCc2ccccc2)C1.